The lowest BCUT2D eigenvalue weighted by Crippen LogP contribution is -2.33. The van der Waals surface area contributed by atoms with E-state index in [0.29, 0.717) is 17.1 Å². The van der Waals surface area contributed by atoms with E-state index in [9.17, 15) is 9.59 Å². The van der Waals surface area contributed by atoms with E-state index in [1.165, 1.54) is 0 Å². The van der Waals surface area contributed by atoms with E-state index in [0.717, 1.165) is 22.5 Å². The van der Waals surface area contributed by atoms with Crippen LogP contribution in [0.3, 0.4) is 0 Å². The largest absolute Gasteiger partial charge is 0.497 e. The molecular weight excluding hydrogens is 522 g/mol. The van der Waals surface area contributed by atoms with Crippen LogP contribution in [0.15, 0.2) is 133 Å². The maximum atomic E-state index is 13.6. The summed E-state index contributed by atoms with van der Waals surface area (Å²) in [6.07, 6.45) is 0.532. The lowest BCUT2D eigenvalue weighted by molar-refractivity contribution is -0.118. The Morgan fingerprint density at radius 2 is 0.929 bits per heavy atom. The van der Waals surface area contributed by atoms with Crippen LogP contribution in [0.25, 0.3) is 0 Å². The van der Waals surface area contributed by atoms with Crippen molar-refractivity contribution in [2.75, 3.05) is 16.9 Å². The number of para-hydroxylation sites is 2. The molecule has 0 bridgehead atoms. The van der Waals surface area contributed by atoms with Crippen LogP contribution in [-0.2, 0) is 35.5 Å². The van der Waals surface area contributed by atoms with Gasteiger partial charge in [-0.15, -0.1) is 0 Å². The Balaban J connectivity index is 1.44. The average molecular weight is 556 g/mol. The minimum absolute atomic E-state index is 0.0393. The average Bonchev–Trinajstić information content (AvgIpc) is 3.04. The molecule has 0 unspecified atom stereocenters. The maximum absolute atomic E-state index is 13.6. The third-order valence-electron chi connectivity index (χ3n) is 6.92. The summed E-state index contributed by atoms with van der Waals surface area (Å²) >= 11 is 0. The van der Waals surface area contributed by atoms with E-state index in [-0.39, 0.29) is 37.7 Å². The fourth-order valence-electron chi connectivity index (χ4n) is 4.82. The van der Waals surface area contributed by atoms with E-state index in [2.05, 4.69) is 0 Å². The van der Waals surface area contributed by atoms with E-state index in [4.69, 9.17) is 9.72 Å². The van der Waals surface area contributed by atoms with E-state index in [1.54, 1.807) is 16.9 Å². The SMILES string of the molecule is COc1cc(CN(C(=O)Cc2ccccc2)c2ccccc2)nc(CN(C(=O)Cc2ccccc2)c2ccccc2)c1. The zero-order valence-electron chi connectivity index (χ0n) is 23.6. The van der Waals surface area contributed by atoms with Gasteiger partial charge >= 0.3 is 0 Å². The summed E-state index contributed by atoms with van der Waals surface area (Å²) in [6, 6.07) is 42.3. The van der Waals surface area contributed by atoms with E-state index in [1.807, 2.05) is 133 Å². The van der Waals surface area contributed by atoms with Crippen LogP contribution in [0.1, 0.15) is 22.5 Å². The molecule has 0 saturated carbocycles. The van der Waals surface area contributed by atoms with Crippen molar-refractivity contribution in [3.8, 4) is 5.75 Å². The van der Waals surface area contributed by atoms with Crippen LogP contribution >= 0.6 is 0 Å². The van der Waals surface area contributed by atoms with Crippen molar-refractivity contribution in [1.29, 1.82) is 0 Å². The maximum Gasteiger partial charge on any atom is 0.231 e. The molecule has 0 aliphatic heterocycles. The Labute approximate surface area is 246 Å². The molecule has 0 saturated heterocycles. The fraction of sp³-hybridized carbons (Fsp3) is 0.139. The standard InChI is InChI=1S/C36H33N3O3/c1-42-34-24-30(26-38(32-18-10-4-11-19-32)35(40)22-28-14-6-2-7-15-28)37-31(25-34)27-39(33-20-12-5-13-21-33)36(41)23-29-16-8-3-9-17-29/h2-21,24-25H,22-23,26-27H2,1H3. The molecule has 0 fully saturated rings. The second-order valence-corrected chi connectivity index (χ2v) is 9.95. The van der Waals surface area contributed by atoms with Gasteiger partial charge in [0, 0.05) is 23.5 Å². The van der Waals surface area contributed by atoms with Gasteiger partial charge in [0.1, 0.15) is 5.75 Å². The highest BCUT2D eigenvalue weighted by atomic mass is 16.5. The summed E-state index contributed by atoms with van der Waals surface area (Å²) in [5, 5.41) is 0. The number of carbonyl (C=O) groups is 2. The van der Waals surface area contributed by atoms with Gasteiger partial charge in [0.15, 0.2) is 0 Å². The number of aromatic nitrogens is 1. The third kappa shape index (κ3) is 7.49. The number of nitrogens with zero attached hydrogens (tertiary/aromatic N) is 3. The Bertz CT molecular complexity index is 1480. The molecule has 4 aromatic carbocycles. The van der Waals surface area contributed by atoms with E-state index < -0.39 is 0 Å². The molecule has 42 heavy (non-hydrogen) atoms. The van der Waals surface area contributed by atoms with Gasteiger partial charge in [-0.3, -0.25) is 14.6 Å². The van der Waals surface area contributed by atoms with Crippen LogP contribution in [0.2, 0.25) is 0 Å². The van der Waals surface area contributed by atoms with Gasteiger partial charge in [-0.1, -0.05) is 97.1 Å². The molecule has 5 aromatic rings. The molecule has 6 nitrogen and oxygen atoms in total. The first-order valence-corrected chi connectivity index (χ1v) is 13.9. The Morgan fingerprint density at radius 1 is 0.571 bits per heavy atom. The van der Waals surface area contributed by atoms with Crippen molar-refractivity contribution in [2.24, 2.45) is 0 Å². The van der Waals surface area contributed by atoms with Crippen molar-refractivity contribution >= 4 is 23.2 Å². The summed E-state index contributed by atoms with van der Waals surface area (Å²) in [5.74, 6) is 0.534. The second-order valence-electron chi connectivity index (χ2n) is 9.95. The number of pyridine rings is 1. The van der Waals surface area contributed by atoms with E-state index >= 15 is 0 Å². The van der Waals surface area contributed by atoms with Crippen molar-refractivity contribution in [3.63, 3.8) is 0 Å². The summed E-state index contributed by atoms with van der Waals surface area (Å²) in [7, 11) is 1.61. The molecule has 0 aliphatic rings. The summed E-state index contributed by atoms with van der Waals surface area (Å²) < 4.78 is 5.64. The summed E-state index contributed by atoms with van der Waals surface area (Å²) in [5.41, 5.74) is 4.79. The van der Waals surface area contributed by atoms with Gasteiger partial charge < -0.3 is 14.5 Å². The molecule has 1 aromatic heterocycles. The van der Waals surface area contributed by atoms with Gasteiger partial charge in [0.25, 0.3) is 0 Å². The lowest BCUT2D eigenvalue weighted by atomic mass is 10.1. The first-order chi connectivity index (χ1) is 20.6. The normalized spacial score (nSPS) is 10.6. The van der Waals surface area contributed by atoms with Crippen molar-refractivity contribution in [3.05, 3.63) is 156 Å². The predicted octanol–water partition coefficient (Wildman–Crippen LogP) is 6.64. The van der Waals surface area contributed by atoms with Crippen molar-refractivity contribution < 1.29 is 14.3 Å². The number of methoxy groups -OCH3 is 1. The van der Waals surface area contributed by atoms with Gasteiger partial charge in [-0.05, 0) is 35.4 Å². The molecule has 210 valence electrons. The number of benzene rings is 4. The van der Waals surface area contributed by atoms with Crippen LogP contribution < -0.4 is 14.5 Å². The molecule has 0 atom stereocenters. The number of hydrogen-bond donors (Lipinski definition) is 0. The minimum Gasteiger partial charge on any atom is -0.497 e. The fourth-order valence-corrected chi connectivity index (χ4v) is 4.82. The number of carbonyl (C=O) groups excluding carboxylic acids is 2. The highest BCUT2D eigenvalue weighted by Gasteiger charge is 2.21. The third-order valence-corrected chi connectivity index (χ3v) is 6.92. The van der Waals surface area contributed by atoms with Crippen LogP contribution in [-0.4, -0.2) is 23.9 Å². The minimum atomic E-state index is -0.0393. The summed E-state index contributed by atoms with van der Waals surface area (Å²) in [6.45, 7) is 0.506. The van der Waals surface area contributed by atoms with Gasteiger partial charge in [-0.25, -0.2) is 0 Å². The Kier molecular flexibility index (Phi) is 9.37. The Hall–Kier alpha value is -5.23. The van der Waals surface area contributed by atoms with Crippen LogP contribution in [0, 0.1) is 0 Å². The van der Waals surface area contributed by atoms with Gasteiger partial charge in [0.2, 0.25) is 11.8 Å². The number of hydrogen-bond acceptors (Lipinski definition) is 4. The highest BCUT2D eigenvalue weighted by Crippen LogP contribution is 2.24. The number of ether oxygens (including phenoxy) is 1. The van der Waals surface area contributed by atoms with Crippen LogP contribution in [0.5, 0.6) is 5.75 Å². The zero-order valence-corrected chi connectivity index (χ0v) is 23.6. The number of amides is 2. The molecule has 6 heteroatoms. The monoisotopic (exact) mass is 555 g/mol. The predicted molar refractivity (Wildman–Crippen MR) is 166 cm³/mol. The molecule has 0 N–H and O–H groups in total. The second kappa shape index (κ2) is 13.9. The van der Waals surface area contributed by atoms with Gasteiger partial charge in [-0.2, -0.15) is 0 Å². The number of anilines is 2. The van der Waals surface area contributed by atoms with Crippen molar-refractivity contribution in [2.45, 2.75) is 25.9 Å². The lowest BCUT2D eigenvalue weighted by Gasteiger charge is -2.25. The van der Waals surface area contributed by atoms with Crippen LogP contribution in [0.4, 0.5) is 11.4 Å². The zero-order chi connectivity index (χ0) is 29.1. The first-order valence-electron chi connectivity index (χ1n) is 13.9. The molecule has 0 spiro atoms. The topological polar surface area (TPSA) is 62.7 Å². The number of rotatable bonds is 11. The first kappa shape index (κ1) is 28.3. The van der Waals surface area contributed by atoms with Gasteiger partial charge in [0.05, 0.1) is 44.4 Å². The quantitative estimate of drug-likeness (QED) is 0.183. The molecule has 2 amide bonds. The molecule has 5 rings (SSSR count). The summed E-state index contributed by atoms with van der Waals surface area (Å²) in [4.78, 5) is 35.6. The molecule has 0 aliphatic carbocycles. The highest BCUT2D eigenvalue weighted by molar-refractivity contribution is 5.95. The molecular formula is C36H33N3O3. The molecule has 0 radical (unpaired) electrons. The Morgan fingerprint density at radius 3 is 1.29 bits per heavy atom. The van der Waals surface area contributed by atoms with Crippen molar-refractivity contribution in [1.82, 2.24) is 4.98 Å². The smallest absolute Gasteiger partial charge is 0.231 e. The molecule has 1 heterocycles.